The zero-order chi connectivity index (χ0) is 21.1. The molecular formula is C19H26O9. The van der Waals surface area contributed by atoms with Crippen molar-refractivity contribution in [3.8, 4) is 23.7 Å². The minimum Gasteiger partial charge on any atom is -0.469 e. The summed E-state index contributed by atoms with van der Waals surface area (Å²) in [6.45, 7) is 2.98. The molecule has 1 aliphatic rings. The molecule has 9 heteroatoms. The van der Waals surface area contributed by atoms with E-state index < -0.39 is 55.5 Å². The molecule has 0 aliphatic carbocycles. The van der Waals surface area contributed by atoms with Gasteiger partial charge < -0.3 is 39.7 Å². The SMILES string of the molecule is C=C[C@H](C#CC#CCC[C@@H](O)CC(=O)OC)O[C@@H]1O[C@H](CO)[C@@H](O)[C@H](O)[C@H]1O. The summed E-state index contributed by atoms with van der Waals surface area (Å²) in [5.41, 5.74) is 0. The number of hydrogen-bond acceptors (Lipinski definition) is 9. The van der Waals surface area contributed by atoms with Crippen LogP contribution in [0.5, 0.6) is 0 Å². The van der Waals surface area contributed by atoms with Crippen LogP contribution in [-0.2, 0) is 19.0 Å². The van der Waals surface area contributed by atoms with Gasteiger partial charge in [-0.05, 0) is 18.3 Å². The van der Waals surface area contributed by atoms with Crippen molar-refractivity contribution < 1.29 is 44.5 Å². The van der Waals surface area contributed by atoms with E-state index in [1.165, 1.54) is 13.2 Å². The van der Waals surface area contributed by atoms with E-state index in [1.54, 1.807) is 0 Å². The molecule has 1 rings (SSSR count). The second-order valence-electron chi connectivity index (χ2n) is 6.03. The zero-order valence-corrected chi connectivity index (χ0v) is 15.5. The van der Waals surface area contributed by atoms with Crippen LogP contribution in [0, 0.1) is 23.7 Å². The van der Waals surface area contributed by atoms with Gasteiger partial charge in [-0.3, -0.25) is 4.79 Å². The summed E-state index contributed by atoms with van der Waals surface area (Å²) in [6.07, 6.45) is -6.87. The number of rotatable bonds is 8. The maximum Gasteiger partial charge on any atom is 0.308 e. The third kappa shape index (κ3) is 7.58. The first-order chi connectivity index (χ1) is 13.3. The lowest BCUT2D eigenvalue weighted by Gasteiger charge is -2.40. The number of carbonyl (C=O) groups excluding carboxylic acids is 1. The number of esters is 1. The predicted molar refractivity (Wildman–Crippen MR) is 96.3 cm³/mol. The van der Waals surface area contributed by atoms with E-state index in [9.17, 15) is 25.2 Å². The van der Waals surface area contributed by atoms with Crippen LogP contribution in [-0.4, -0.2) is 88.1 Å². The van der Waals surface area contributed by atoms with Gasteiger partial charge in [-0.15, -0.1) is 0 Å². The van der Waals surface area contributed by atoms with Crippen molar-refractivity contribution >= 4 is 5.97 Å². The van der Waals surface area contributed by atoms with Crippen molar-refractivity contribution in [2.75, 3.05) is 13.7 Å². The second kappa shape index (κ2) is 12.5. The molecule has 1 aliphatic heterocycles. The molecule has 0 aromatic heterocycles. The normalized spacial score (nSPS) is 28.7. The Kier molecular flexibility index (Phi) is 10.8. The van der Waals surface area contributed by atoms with Crippen LogP contribution < -0.4 is 0 Å². The molecule has 1 fully saturated rings. The Balaban J connectivity index is 2.53. The van der Waals surface area contributed by atoms with Crippen molar-refractivity contribution in [3.05, 3.63) is 12.7 Å². The molecule has 1 heterocycles. The third-order valence-corrected chi connectivity index (χ3v) is 3.94. The molecule has 7 atom stereocenters. The second-order valence-corrected chi connectivity index (χ2v) is 6.03. The molecule has 156 valence electrons. The first-order valence-corrected chi connectivity index (χ1v) is 8.65. The zero-order valence-electron chi connectivity index (χ0n) is 15.5. The molecule has 0 saturated carbocycles. The number of aliphatic hydroxyl groups is 5. The molecule has 5 N–H and O–H groups in total. The van der Waals surface area contributed by atoms with Crippen LogP contribution >= 0.6 is 0 Å². The summed E-state index contributed by atoms with van der Waals surface area (Å²) in [5, 5.41) is 48.1. The lowest BCUT2D eigenvalue weighted by Crippen LogP contribution is -2.59. The van der Waals surface area contributed by atoms with Crippen molar-refractivity contribution in [2.45, 2.75) is 62.2 Å². The largest absolute Gasteiger partial charge is 0.469 e. The fourth-order valence-corrected chi connectivity index (χ4v) is 2.30. The molecule has 9 nitrogen and oxygen atoms in total. The van der Waals surface area contributed by atoms with Gasteiger partial charge in [-0.25, -0.2) is 0 Å². The molecular weight excluding hydrogens is 372 g/mol. The van der Waals surface area contributed by atoms with Gasteiger partial charge in [-0.1, -0.05) is 24.5 Å². The molecule has 0 aromatic carbocycles. The van der Waals surface area contributed by atoms with Gasteiger partial charge in [0.1, 0.15) is 30.5 Å². The Bertz CT molecular complexity index is 625. The minimum atomic E-state index is -1.55. The Labute approximate surface area is 163 Å². The summed E-state index contributed by atoms with van der Waals surface area (Å²) < 4.78 is 15.1. The highest BCUT2D eigenvalue weighted by atomic mass is 16.7. The summed E-state index contributed by atoms with van der Waals surface area (Å²) >= 11 is 0. The summed E-state index contributed by atoms with van der Waals surface area (Å²) in [4.78, 5) is 11.0. The Morgan fingerprint density at radius 3 is 2.57 bits per heavy atom. The topological polar surface area (TPSA) is 146 Å². The van der Waals surface area contributed by atoms with Crippen LogP contribution in [0.15, 0.2) is 12.7 Å². The van der Waals surface area contributed by atoms with E-state index in [-0.39, 0.29) is 12.8 Å². The number of aliphatic hydroxyl groups excluding tert-OH is 5. The number of ether oxygens (including phenoxy) is 3. The Morgan fingerprint density at radius 2 is 1.96 bits per heavy atom. The van der Waals surface area contributed by atoms with E-state index in [0.29, 0.717) is 6.42 Å². The lowest BCUT2D eigenvalue weighted by atomic mass is 9.99. The van der Waals surface area contributed by atoms with Gasteiger partial charge in [0.25, 0.3) is 0 Å². The maximum absolute atomic E-state index is 11.0. The average molecular weight is 398 g/mol. The molecule has 0 bridgehead atoms. The van der Waals surface area contributed by atoms with Crippen LogP contribution in [0.25, 0.3) is 0 Å². The quantitative estimate of drug-likeness (QED) is 0.179. The van der Waals surface area contributed by atoms with Crippen LogP contribution in [0.4, 0.5) is 0 Å². The Hall–Kier alpha value is -1.95. The first-order valence-electron chi connectivity index (χ1n) is 8.65. The maximum atomic E-state index is 11.0. The summed E-state index contributed by atoms with van der Waals surface area (Å²) in [6, 6.07) is 0. The highest BCUT2D eigenvalue weighted by Crippen LogP contribution is 2.22. The van der Waals surface area contributed by atoms with E-state index in [4.69, 9.17) is 14.6 Å². The molecule has 1 saturated heterocycles. The van der Waals surface area contributed by atoms with Crippen LogP contribution in [0.1, 0.15) is 19.3 Å². The predicted octanol–water partition coefficient (Wildman–Crippen LogP) is -1.93. The average Bonchev–Trinajstić information content (AvgIpc) is 2.69. The molecule has 0 spiro atoms. The lowest BCUT2D eigenvalue weighted by molar-refractivity contribution is -0.303. The molecule has 0 aromatic rings. The molecule has 0 amide bonds. The Morgan fingerprint density at radius 1 is 1.25 bits per heavy atom. The van der Waals surface area contributed by atoms with Crippen molar-refractivity contribution in [3.63, 3.8) is 0 Å². The third-order valence-electron chi connectivity index (χ3n) is 3.94. The van der Waals surface area contributed by atoms with Gasteiger partial charge in [-0.2, -0.15) is 0 Å². The number of carbonyl (C=O) groups is 1. The standard InChI is InChI=1S/C19H26O9/c1-3-13(9-7-5-4-6-8-12(21)10-15(22)26-2)27-19-18(25)17(24)16(23)14(11-20)28-19/h3,12-14,16-21,23-25H,1,6,8,10-11H2,2H3/t12-,13-,14-,16-,17+,18-,19-/m1/s1. The molecule has 0 radical (unpaired) electrons. The number of hydrogen-bond donors (Lipinski definition) is 5. The van der Waals surface area contributed by atoms with E-state index in [2.05, 4.69) is 35.0 Å². The summed E-state index contributed by atoms with van der Waals surface area (Å²) in [7, 11) is 1.24. The van der Waals surface area contributed by atoms with Gasteiger partial charge in [0.15, 0.2) is 6.29 Å². The van der Waals surface area contributed by atoms with Crippen LogP contribution in [0.2, 0.25) is 0 Å². The van der Waals surface area contributed by atoms with Gasteiger partial charge in [0.05, 0.1) is 26.2 Å². The van der Waals surface area contributed by atoms with Crippen molar-refractivity contribution in [1.29, 1.82) is 0 Å². The highest BCUT2D eigenvalue weighted by molar-refractivity contribution is 5.69. The smallest absolute Gasteiger partial charge is 0.308 e. The van der Waals surface area contributed by atoms with E-state index >= 15 is 0 Å². The number of methoxy groups -OCH3 is 1. The fraction of sp³-hybridized carbons (Fsp3) is 0.632. The van der Waals surface area contributed by atoms with E-state index in [1.807, 2.05) is 0 Å². The van der Waals surface area contributed by atoms with Crippen molar-refractivity contribution in [2.24, 2.45) is 0 Å². The molecule has 0 unspecified atom stereocenters. The van der Waals surface area contributed by atoms with Crippen LogP contribution in [0.3, 0.4) is 0 Å². The first kappa shape index (κ1) is 24.1. The summed E-state index contributed by atoms with van der Waals surface area (Å²) in [5.74, 6) is 9.93. The van der Waals surface area contributed by atoms with Gasteiger partial charge in [0, 0.05) is 6.42 Å². The van der Waals surface area contributed by atoms with E-state index in [0.717, 1.165) is 0 Å². The molecule has 28 heavy (non-hydrogen) atoms. The monoisotopic (exact) mass is 398 g/mol. The highest BCUT2D eigenvalue weighted by Gasteiger charge is 2.44. The van der Waals surface area contributed by atoms with Gasteiger partial charge in [0.2, 0.25) is 0 Å². The fourth-order valence-electron chi connectivity index (χ4n) is 2.30. The minimum absolute atomic E-state index is 0.102. The van der Waals surface area contributed by atoms with Gasteiger partial charge >= 0.3 is 5.97 Å². The van der Waals surface area contributed by atoms with Crippen molar-refractivity contribution in [1.82, 2.24) is 0 Å².